The third-order valence-corrected chi connectivity index (χ3v) is 2.70. The molecule has 0 fully saturated rings. The minimum absolute atomic E-state index is 0.114. The van der Waals surface area contributed by atoms with E-state index in [4.69, 9.17) is 11.6 Å². The van der Waals surface area contributed by atoms with Crippen molar-refractivity contribution in [1.82, 2.24) is 9.97 Å². The molecule has 0 radical (unpaired) electrons. The van der Waals surface area contributed by atoms with Crippen molar-refractivity contribution in [1.29, 1.82) is 0 Å². The lowest BCUT2D eigenvalue weighted by atomic mass is 10.2. The van der Waals surface area contributed by atoms with Gasteiger partial charge >= 0.3 is 11.7 Å². The molecule has 1 N–H and O–H groups in total. The molecule has 2 aromatic rings. The first kappa shape index (κ1) is 14.7. The molecule has 0 spiro atoms. The Morgan fingerprint density at radius 1 is 1.43 bits per heavy atom. The van der Waals surface area contributed by atoms with E-state index in [9.17, 15) is 14.9 Å². The summed E-state index contributed by atoms with van der Waals surface area (Å²) in [6.45, 7) is 0. The van der Waals surface area contributed by atoms with Gasteiger partial charge in [0.2, 0.25) is 11.1 Å². The van der Waals surface area contributed by atoms with Crippen molar-refractivity contribution in [3.8, 4) is 0 Å². The number of ether oxygens (including phenoxy) is 1. The van der Waals surface area contributed by atoms with Gasteiger partial charge in [-0.15, -0.1) is 0 Å². The molecule has 0 saturated carbocycles. The number of methoxy groups -OCH3 is 1. The van der Waals surface area contributed by atoms with Crippen molar-refractivity contribution in [2.45, 2.75) is 0 Å². The second-order valence-corrected chi connectivity index (χ2v) is 4.13. The molecule has 108 valence electrons. The van der Waals surface area contributed by atoms with Crippen molar-refractivity contribution >= 4 is 34.8 Å². The van der Waals surface area contributed by atoms with Gasteiger partial charge in [0.25, 0.3) is 0 Å². The van der Waals surface area contributed by atoms with Crippen LogP contribution in [0, 0.1) is 10.1 Å². The zero-order valence-electron chi connectivity index (χ0n) is 10.7. The van der Waals surface area contributed by atoms with E-state index >= 15 is 0 Å². The average Bonchev–Trinajstić information content (AvgIpc) is 2.47. The summed E-state index contributed by atoms with van der Waals surface area (Å²) in [6.07, 6.45) is 0.985. The average molecular weight is 309 g/mol. The van der Waals surface area contributed by atoms with Gasteiger partial charge in [-0.3, -0.25) is 10.1 Å². The lowest BCUT2D eigenvalue weighted by molar-refractivity contribution is -0.384. The van der Waals surface area contributed by atoms with Crippen LogP contribution in [-0.2, 0) is 4.74 Å². The predicted octanol–water partition coefficient (Wildman–Crippen LogP) is 2.57. The van der Waals surface area contributed by atoms with Crippen LogP contribution in [-0.4, -0.2) is 28.0 Å². The molecular weight excluding hydrogens is 300 g/mol. The number of nitrogens with zero attached hydrogens (tertiary/aromatic N) is 3. The van der Waals surface area contributed by atoms with Crippen LogP contribution in [0.15, 0.2) is 30.5 Å². The van der Waals surface area contributed by atoms with Gasteiger partial charge in [0.05, 0.1) is 23.3 Å². The smallest absolute Gasteiger partial charge is 0.339 e. The Morgan fingerprint density at radius 3 is 2.81 bits per heavy atom. The number of aromatic nitrogens is 2. The quantitative estimate of drug-likeness (QED) is 0.400. The molecule has 0 aliphatic heterocycles. The van der Waals surface area contributed by atoms with Gasteiger partial charge in [-0.1, -0.05) is 12.1 Å². The Hall–Kier alpha value is -2.74. The molecule has 1 aromatic carbocycles. The number of benzene rings is 1. The van der Waals surface area contributed by atoms with Crippen LogP contribution in [0.3, 0.4) is 0 Å². The maximum atomic E-state index is 11.7. The zero-order chi connectivity index (χ0) is 15.4. The maximum absolute atomic E-state index is 11.7. The van der Waals surface area contributed by atoms with Crippen molar-refractivity contribution in [3.05, 3.63) is 51.4 Å². The van der Waals surface area contributed by atoms with Gasteiger partial charge in [0.1, 0.15) is 6.20 Å². The van der Waals surface area contributed by atoms with E-state index in [-0.39, 0.29) is 22.4 Å². The van der Waals surface area contributed by atoms with Gasteiger partial charge in [0.15, 0.2) is 0 Å². The maximum Gasteiger partial charge on any atom is 0.339 e. The lowest BCUT2D eigenvalue weighted by Gasteiger charge is -2.10. The summed E-state index contributed by atoms with van der Waals surface area (Å²) in [7, 11) is 1.24. The fourth-order valence-electron chi connectivity index (χ4n) is 1.59. The molecule has 2 rings (SSSR count). The molecule has 1 heterocycles. The third-order valence-electron chi connectivity index (χ3n) is 2.52. The number of carbonyl (C=O) groups excluding carboxylic acids is 1. The third kappa shape index (κ3) is 3.23. The second-order valence-electron chi connectivity index (χ2n) is 3.79. The molecule has 0 saturated heterocycles. The zero-order valence-corrected chi connectivity index (χ0v) is 11.5. The SMILES string of the molecule is COC(=O)c1ccccc1Nc1nc(Cl)ncc1[N+](=O)[O-]. The monoisotopic (exact) mass is 308 g/mol. The van der Waals surface area contributed by atoms with E-state index in [2.05, 4.69) is 20.0 Å². The molecule has 0 unspecified atom stereocenters. The summed E-state index contributed by atoms with van der Waals surface area (Å²) in [5.41, 5.74) is 0.158. The molecule has 0 bridgehead atoms. The summed E-state index contributed by atoms with van der Waals surface area (Å²) in [5, 5.41) is 13.5. The van der Waals surface area contributed by atoms with Crippen molar-refractivity contribution in [2.24, 2.45) is 0 Å². The van der Waals surface area contributed by atoms with Crippen LogP contribution in [0.5, 0.6) is 0 Å². The van der Waals surface area contributed by atoms with E-state index < -0.39 is 10.9 Å². The number of nitro groups is 1. The highest BCUT2D eigenvalue weighted by Crippen LogP contribution is 2.27. The van der Waals surface area contributed by atoms with Gasteiger partial charge in [-0.2, -0.15) is 4.98 Å². The second kappa shape index (κ2) is 6.14. The van der Waals surface area contributed by atoms with Crippen molar-refractivity contribution < 1.29 is 14.5 Å². The Morgan fingerprint density at radius 2 is 2.14 bits per heavy atom. The standard InChI is InChI=1S/C12H9ClN4O4/c1-21-11(18)7-4-2-3-5-8(7)15-10-9(17(19)20)6-14-12(13)16-10/h2-6H,1H3,(H,14,15,16). The van der Waals surface area contributed by atoms with Crippen molar-refractivity contribution in [3.63, 3.8) is 0 Å². The molecule has 21 heavy (non-hydrogen) atoms. The largest absolute Gasteiger partial charge is 0.465 e. The molecule has 0 aliphatic rings. The number of nitrogens with one attached hydrogen (secondary N) is 1. The number of anilines is 2. The first-order valence-corrected chi connectivity index (χ1v) is 6.02. The van der Waals surface area contributed by atoms with Crippen LogP contribution in [0.25, 0.3) is 0 Å². The van der Waals surface area contributed by atoms with Crippen LogP contribution in [0.2, 0.25) is 5.28 Å². The van der Waals surface area contributed by atoms with Crippen LogP contribution in [0.1, 0.15) is 10.4 Å². The Bertz CT molecular complexity index is 707. The highest BCUT2D eigenvalue weighted by molar-refractivity contribution is 6.28. The van der Waals surface area contributed by atoms with Crippen LogP contribution < -0.4 is 5.32 Å². The van der Waals surface area contributed by atoms with Gasteiger partial charge in [0, 0.05) is 0 Å². The van der Waals surface area contributed by atoms with Crippen LogP contribution >= 0.6 is 11.6 Å². The highest BCUT2D eigenvalue weighted by atomic mass is 35.5. The Balaban J connectivity index is 2.46. The van der Waals surface area contributed by atoms with Crippen LogP contribution in [0.4, 0.5) is 17.2 Å². The fraction of sp³-hybridized carbons (Fsp3) is 0.0833. The molecule has 8 nitrogen and oxygen atoms in total. The fourth-order valence-corrected chi connectivity index (χ4v) is 1.72. The number of para-hydroxylation sites is 1. The number of hydrogen-bond acceptors (Lipinski definition) is 7. The summed E-state index contributed by atoms with van der Waals surface area (Å²) >= 11 is 5.64. The highest BCUT2D eigenvalue weighted by Gasteiger charge is 2.19. The minimum Gasteiger partial charge on any atom is -0.465 e. The summed E-state index contributed by atoms with van der Waals surface area (Å²) in [6, 6.07) is 6.37. The van der Waals surface area contributed by atoms with E-state index in [1.54, 1.807) is 18.2 Å². The first-order chi connectivity index (χ1) is 10.0. The predicted molar refractivity (Wildman–Crippen MR) is 74.8 cm³/mol. The molecule has 1 aromatic heterocycles. The molecular formula is C12H9ClN4O4. The first-order valence-electron chi connectivity index (χ1n) is 5.64. The van der Waals surface area contributed by atoms with E-state index in [0.717, 1.165) is 6.20 Å². The lowest BCUT2D eigenvalue weighted by Crippen LogP contribution is -2.07. The summed E-state index contributed by atoms with van der Waals surface area (Å²) in [4.78, 5) is 29.3. The topological polar surface area (TPSA) is 107 Å². The molecule has 0 atom stereocenters. The summed E-state index contributed by atoms with van der Waals surface area (Å²) in [5.74, 6) is -0.697. The Kier molecular flexibility index (Phi) is 4.29. The number of carbonyl (C=O) groups is 1. The number of halogens is 1. The van der Waals surface area contributed by atoms with E-state index in [1.165, 1.54) is 13.2 Å². The number of rotatable bonds is 4. The van der Waals surface area contributed by atoms with Gasteiger partial charge in [-0.05, 0) is 23.7 Å². The van der Waals surface area contributed by atoms with E-state index in [1.807, 2.05) is 0 Å². The molecule has 9 heteroatoms. The van der Waals surface area contributed by atoms with Crippen molar-refractivity contribution in [2.75, 3.05) is 12.4 Å². The normalized spacial score (nSPS) is 10.0. The Labute approximate surface area is 123 Å². The molecule has 0 amide bonds. The van der Waals surface area contributed by atoms with Gasteiger partial charge < -0.3 is 10.1 Å². The summed E-state index contributed by atoms with van der Waals surface area (Å²) < 4.78 is 4.64. The van der Waals surface area contributed by atoms with Gasteiger partial charge in [-0.25, -0.2) is 9.78 Å². The van der Waals surface area contributed by atoms with E-state index in [0.29, 0.717) is 5.69 Å². The number of hydrogen-bond donors (Lipinski definition) is 1. The molecule has 0 aliphatic carbocycles. The number of esters is 1. The minimum atomic E-state index is -0.653.